The van der Waals surface area contributed by atoms with Crippen LogP contribution in [0, 0.1) is 0 Å². The Morgan fingerprint density at radius 3 is 2.67 bits per heavy atom. The van der Waals surface area contributed by atoms with Gasteiger partial charge in [0.25, 0.3) is 0 Å². The molecule has 1 aliphatic carbocycles. The molecule has 0 aromatic heterocycles. The van der Waals surface area contributed by atoms with E-state index in [1.165, 1.54) is 12.1 Å². The highest BCUT2D eigenvalue weighted by molar-refractivity contribution is 7.99. The number of rotatable bonds is 5. The van der Waals surface area contributed by atoms with Gasteiger partial charge in [0.2, 0.25) is 10.0 Å². The smallest absolute Gasteiger partial charge is 0.242 e. The fourth-order valence-corrected chi connectivity index (χ4v) is 5.53. The molecule has 1 saturated carbocycles. The summed E-state index contributed by atoms with van der Waals surface area (Å²) in [4.78, 5) is 0.0432. The van der Waals surface area contributed by atoms with Crippen LogP contribution >= 0.6 is 35.0 Å². The van der Waals surface area contributed by atoms with Crippen molar-refractivity contribution in [1.29, 1.82) is 0 Å². The van der Waals surface area contributed by atoms with Gasteiger partial charge in [-0.1, -0.05) is 23.2 Å². The lowest BCUT2D eigenvalue weighted by Crippen LogP contribution is -2.33. The highest BCUT2D eigenvalue weighted by Crippen LogP contribution is 2.33. The zero-order chi connectivity index (χ0) is 15.6. The quantitative estimate of drug-likeness (QED) is 0.837. The van der Waals surface area contributed by atoms with Gasteiger partial charge in [-0.05, 0) is 37.7 Å². The topological polar surface area (TPSA) is 72.2 Å². The van der Waals surface area contributed by atoms with Crippen molar-refractivity contribution in [3.05, 3.63) is 27.7 Å². The van der Waals surface area contributed by atoms with E-state index in [0.29, 0.717) is 15.8 Å². The van der Waals surface area contributed by atoms with Crippen LogP contribution in [0.3, 0.4) is 0 Å². The Balaban J connectivity index is 2.24. The third kappa shape index (κ3) is 3.86. The van der Waals surface area contributed by atoms with Gasteiger partial charge in [-0.2, -0.15) is 11.8 Å². The minimum absolute atomic E-state index is 0.0412. The van der Waals surface area contributed by atoms with E-state index in [9.17, 15) is 8.42 Å². The molecule has 1 fully saturated rings. The Morgan fingerprint density at radius 1 is 1.38 bits per heavy atom. The van der Waals surface area contributed by atoms with Gasteiger partial charge in [0.15, 0.2) is 0 Å². The number of hydrogen-bond acceptors (Lipinski definition) is 4. The van der Waals surface area contributed by atoms with Gasteiger partial charge in [-0.3, -0.25) is 0 Å². The van der Waals surface area contributed by atoms with Gasteiger partial charge in [0.05, 0.1) is 5.02 Å². The molecule has 3 N–H and O–H groups in total. The molecule has 2 atom stereocenters. The van der Waals surface area contributed by atoms with Crippen LogP contribution in [0.2, 0.25) is 10.0 Å². The average molecular weight is 369 g/mol. The normalized spacial score (nSPS) is 22.7. The fourth-order valence-electron chi connectivity index (χ4n) is 2.51. The molecular formula is C13H18Cl2N2O2S2. The molecule has 0 radical (unpaired) electrons. The number of thioether (sulfide) groups is 1. The van der Waals surface area contributed by atoms with E-state index >= 15 is 0 Å². The molecule has 1 aliphatic rings. The largest absolute Gasteiger partial charge is 0.326 e. The molecule has 8 heteroatoms. The molecule has 1 aromatic rings. The second-order valence-electron chi connectivity index (χ2n) is 5.03. The molecule has 0 bridgehead atoms. The zero-order valence-electron chi connectivity index (χ0n) is 11.6. The number of halogens is 2. The number of nitrogens with two attached hydrogens (primary N) is 1. The first kappa shape index (κ1) is 17.4. The van der Waals surface area contributed by atoms with Crippen molar-refractivity contribution in [2.45, 2.75) is 42.0 Å². The lowest BCUT2D eigenvalue weighted by molar-refractivity contribution is 0.552. The lowest BCUT2D eigenvalue weighted by atomic mass is 10.2. The van der Waals surface area contributed by atoms with Crippen LogP contribution in [0.25, 0.3) is 0 Å². The van der Waals surface area contributed by atoms with Crippen LogP contribution < -0.4 is 10.5 Å². The summed E-state index contributed by atoms with van der Waals surface area (Å²) in [5, 5.41) is 1.000. The maximum atomic E-state index is 12.5. The van der Waals surface area contributed by atoms with E-state index in [4.69, 9.17) is 28.9 Å². The second kappa shape index (κ2) is 7.06. The number of sulfonamides is 1. The van der Waals surface area contributed by atoms with Crippen LogP contribution in [-0.4, -0.2) is 26.0 Å². The molecule has 118 valence electrons. The number of benzene rings is 1. The maximum absolute atomic E-state index is 12.5. The van der Waals surface area contributed by atoms with E-state index in [-0.39, 0.29) is 22.5 Å². The lowest BCUT2D eigenvalue weighted by Gasteiger charge is -2.16. The van der Waals surface area contributed by atoms with Gasteiger partial charge in [0.1, 0.15) is 4.90 Å². The molecule has 1 aromatic carbocycles. The summed E-state index contributed by atoms with van der Waals surface area (Å²) < 4.78 is 27.7. The van der Waals surface area contributed by atoms with Gasteiger partial charge in [-0.25, -0.2) is 13.1 Å². The van der Waals surface area contributed by atoms with Crippen molar-refractivity contribution in [3.63, 3.8) is 0 Å². The molecule has 4 nitrogen and oxygen atoms in total. The molecular weight excluding hydrogens is 351 g/mol. The Hall–Kier alpha value is 0.0200. The standard InChI is InChI=1S/C13H18Cl2N2O2S2/c1-20-9-3-2-8(6-9)17-21(18,19)12-5-4-11(14)10(7-16)13(12)15/h4-5,8-9,17H,2-3,6-7,16H2,1H3. The Labute approximate surface area is 139 Å². The molecule has 0 spiro atoms. The molecule has 2 unspecified atom stereocenters. The summed E-state index contributed by atoms with van der Waals surface area (Å²) in [6.45, 7) is 0.0962. The van der Waals surface area contributed by atoms with Crippen LogP contribution in [0.5, 0.6) is 0 Å². The monoisotopic (exact) mass is 368 g/mol. The third-order valence-electron chi connectivity index (χ3n) is 3.68. The average Bonchev–Trinajstić information content (AvgIpc) is 2.85. The van der Waals surface area contributed by atoms with Crippen molar-refractivity contribution in [1.82, 2.24) is 4.72 Å². The highest BCUT2D eigenvalue weighted by Gasteiger charge is 2.29. The SMILES string of the molecule is CSC1CCC(NS(=O)(=O)c2ccc(Cl)c(CN)c2Cl)C1. The summed E-state index contributed by atoms with van der Waals surface area (Å²) in [6.07, 6.45) is 4.76. The van der Waals surface area contributed by atoms with E-state index < -0.39 is 10.0 Å². The van der Waals surface area contributed by atoms with Gasteiger partial charge >= 0.3 is 0 Å². The van der Waals surface area contributed by atoms with Gasteiger partial charge in [-0.15, -0.1) is 0 Å². The second-order valence-corrected chi connectivity index (χ2v) is 8.64. The molecule has 2 rings (SSSR count). The van der Waals surface area contributed by atoms with Crippen molar-refractivity contribution in [2.75, 3.05) is 6.26 Å². The van der Waals surface area contributed by atoms with Crippen molar-refractivity contribution in [3.8, 4) is 0 Å². The first-order valence-electron chi connectivity index (χ1n) is 6.61. The third-order valence-corrected chi connectivity index (χ3v) is 7.24. The molecule has 0 saturated heterocycles. The van der Waals surface area contributed by atoms with E-state index in [0.717, 1.165) is 19.3 Å². The number of nitrogens with one attached hydrogen (secondary N) is 1. The Kier molecular flexibility index (Phi) is 5.84. The van der Waals surface area contributed by atoms with Crippen LogP contribution in [0.15, 0.2) is 17.0 Å². The van der Waals surface area contributed by atoms with E-state index in [1.54, 1.807) is 11.8 Å². The molecule has 0 amide bonds. The fraction of sp³-hybridized carbons (Fsp3) is 0.538. The maximum Gasteiger partial charge on any atom is 0.242 e. The molecule has 21 heavy (non-hydrogen) atoms. The number of hydrogen-bond donors (Lipinski definition) is 2. The predicted molar refractivity (Wildman–Crippen MR) is 89.6 cm³/mol. The van der Waals surface area contributed by atoms with Gasteiger partial charge < -0.3 is 5.73 Å². The van der Waals surface area contributed by atoms with E-state index in [2.05, 4.69) is 4.72 Å². The minimum Gasteiger partial charge on any atom is -0.326 e. The summed E-state index contributed by atoms with van der Waals surface area (Å²) in [6, 6.07) is 2.90. The van der Waals surface area contributed by atoms with Crippen molar-refractivity contribution in [2.24, 2.45) is 5.73 Å². The first-order valence-corrected chi connectivity index (χ1v) is 10.1. The zero-order valence-corrected chi connectivity index (χ0v) is 14.7. The minimum atomic E-state index is -3.66. The van der Waals surface area contributed by atoms with Crippen LogP contribution in [0.4, 0.5) is 0 Å². The predicted octanol–water partition coefficient (Wildman–Crippen LogP) is 3.01. The highest BCUT2D eigenvalue weighted by atomic mass is 35.5. The summed E-state index contributed by atoms with van der Waals surface area (Å²) >= 11 is 13.9. The van der Waals surface area contributed by atoms with Gasteiger partial charge in [0, 0.05) is 28.4 Å². The summed E-state index contributed by atoms with van der Waals surface area (Å²) in [5.41, 5.74) is 6.03. The van der Waals surface area contributed by atoms with Crippen LogP contribution in [-0.2, 0) is 16.6 Å². The molecule has 0 heterocycles. The Bertz CT molecular complexity index is 623. The Morgan fingerprint density at radius 2 is 2.10 bits per heavy atom. The van der Waals surface area contributed by atoms with Crippen molar-refractivity contribution < 1.29 is 8.42 Å². The summed E-state index contributed by atoms with van der Waals surface area (Å²) in [7, 11) is -3.66. The van der Waals surface area contributed by atoms with E-state index in [1.807, 2.05) is 6.26 Å². The molecule has 0 aliphatic heterocycles. The first-order chi connectivity index (χ1) is 9.89. The van der Waals surface area contributed by atoms with Crippen molar-refractivity contribution >= 4 is 45.0 Å². The van der Waals surface area contributed by atoms with Crippen LogP contribution in [0.1, 0.15) is 24.8 Å². The summed E-state index contributed by atoms with van der Waals surface area (Å²) in [5.74, 6) is 0.